The van der Waals surface area contributed by atoms with Crippen molar-refractivity contribution < 1.29 is 5.11 Å². The first kappa shape index (κ1) is 13.2. The standard InChI is InChI=1S/C20H31NO/c22-20-8-13-6-16(9-20)19(17(7-13)10-20)21-18-14-2-11-1-12(4-14)5-15(18)3-11/h11-19,21-22H,1-10H2. The Balaban J connectivity index is 1.23. The van der Waals surface area contributed by atoms with E-state index in [1.165, 1.54) is 38.5 Å². The van der Waals surface area contributed by atoms with Gasteiger partial charge in [-0.3, -0.25) is 0 Å². The van der Waals surface area contributed by atoms with E-state index in [0.29, 0.717) is 0 Å². The van der Waals surface area contributed by atoms with Crippen LogP contribution in [0.3, 0.4) is 0 Å². The number of rotatable bonds is 2. The highest BCUT2D eigenvalue weighted by Gasteiger charge is 2.56. The highest BCUT2D eigenvalue weighted by atomic mass is 16.3. The Labute approximate surface area is 134 Å². The second kappa shape index (κ2) is 4.30. The maximum absolute atomic E-state index is 10.8. The maximum Gasteiger partial charge on any atom is 0.0657 e. The monoisotopic (exact) mass is 301 g/mol. The van der Waals surface area contributed by atoms with Gasteiger partial charge in [-0.2, -0.15) is 0 Å². The number of aliphatic hydroxyl groups is 1. The molecule has 0 aromatic carbocycles. The van der Waals surface area contributed by atoms with E-state index < -0.39 is 0 Å². The Bertz CT molecular complexity index is 444. The summed E-state index contributed by atoms with van der Waals surface area (Å²) >= 11 is 0. The van der Waals surface area contributed by atoms with E-state index in [9.17, 15) is 5.11 Å². The Morgan fingerprint density at radius 1 is 0.591 bits per heavy atom. The zero-order chi connectivity index (χ0) is 14.5. The second-order valence-electron chi connectivity index (χ2n) is 10.3. The van der Waals surface area contributed by atoms with E-state index >= 15 is 0 Å². The molecule has 22 heavy (non-hydrogen) atoms. The number of hydrogen-bond donors (Lipinski definition) is 2. The van der Waals surface area contributed by atoms with Crippen molar-refractivity contribution in [2.75, 3.05) is 0 Å². The predicted octanol–water partition coefficient (Wildman–Crippen LogP) is 3.34. The van der Waals surface area contributed by atoms with Gasteiger partial charge in [0.25, 0.3) is 0 Å². The number of nitrogens with one attached hydrogen (secondary N) is 1. The van der Waals surface area contributed by atoms with Crippen molar-refractivity contribution in [2.24, 2.45) is 41.4 Å². The lowest BCUT2D eigenvalue weighted by Crippen LogP contribution is -2.65. The quantitative estimate of drug-likeness (QED) is 0.820. The topological polar surface area (TPSA) is 32.3 Å². The SMILES string of the molecule is OC12CC3CC(C1)C(NC1C4CC5CC(C4)CC1C5)C(C3)C2. The minimum atomic E-state index is -0.265. The fraction of sp³-hybridized carbons (Fsp3) is 1.00. The maximum atomic E-state index is 10.8. The summed E-state index contributed by atoms with van der Waals surface area (Å²) in [6.07, 6.45) is 13.8. The third-order valence-electron chi connectivity index (χ3n) is 8.85. The fourth-order valence-corrected chi connectivity index (χ4v) is 8.67. The molecule has 8 saturated carbocycles. The second-order valence-corrected chi connectivity index (χ2v) is 10.3. The van der Waals surface area contributed by atoms with Crippen molar-refractivity contribution in [2.45, 2.75) is 81.9 Å². The summed E-state index contributed by atoms with van der Waals surface area (Å²) in [6, 6.07) is 1.59. The number of hydrogen-bond acceptors (Lipinski definition) is 2. The lowest BCUT2D eigenvalue weighted by Gasteiger charge is -2.61. The van der Waals surface area contributed by atoms with E-state index in [2.05, 4.69) is 5.32 Å². The Morgan fingerprint density at radius 2 is 1.09 bits per heavy atom. The van der Waals surface area contributed by atoms with Crippen LogP contribution in [0, 0.1) is 41.4 Å². The molecule has 8 aliphatic carbocycles. The fourth-order valence-electron chi connectivity index (χ4n) is 8.67. The van der Waals surface area contributed by atoms with E-state index in [0.717, 1.165) is 72.8 Å². The van der Waals surface area contributed by atoms with Gasteiger partial charge in [-0.25, -0.2) is 0 Å². The molecule has 0 aromatic heterocycles. The Morgan fingerprint density at radius 3 is 1.64 bits per heavy atom. The molecule has 0 heterocycles. The summed E-state index contributed by atoms with van der Waals surface area (Å²) in [5.41, 5.74) is -0.265. The van der Waals surface area contributed by atoms with E-state index in [4.69, 9.17) is 0 Å². The van der Waals surface area contributed by atoms with Crippen LogP contribution in [0.2, 0.25) is 0 Å². The molecule has 0 saturated heterocycles. The van der Waals surface area contributed by atoms with Gasteiger partial charge in [0, 0.05) is 12.1 Å². The highest BCUT2D eigenvalue weighted by Crippen LogP contribution is 2.58. The van der Waals surface area contributed by atoms with Crippen LogP contribution >= 0.6 is 0 Å². The smallest absolute Gasteiger partial charge is 0.0657 e. The van der Waals surface area contributed by atoms with Crippen molar-refractivity contribution >= 4 is 0 Å². The summed E-state index contributed by atoms with van der Waals surface area (Å²) in [4.78, 5) is 0. The van der Waals surface area contributed by atoms with Gasteiger partial charge in [-0.05, 0) is 106 Å². The van der Waals surface area contributed by atoms with Gasteiger partial charge in [0.1, 0.15) is 0 Å². The van der Waals surface area contributed by atoms with Gasteiger partial charge in [-0.1, -0.05) is 0 Å². The summed E-state index contributed by atoms with van der Waals surface area (Å²) in [7, 11) is 0. The van der Waals surface area contributed by atoms with Gasteiger partial charge in [0.2, 0.25) is 0 Å². The molecule has 8 aliphatic rings. The molecule has 2 heteroatoms. The molecule has 0 spiro atoms. The minimum absolute atomic E-state index is 0.265. The van der Waals surface area contributed by atoms with Crippen molar-refractivity contribution in [3.63, 3.8) is 0 Å². The third kappa shape index (κ3) is 1.80. The zero-order valence-electron chi connectivity index (χ0n) is 13.7. The molecule has 2 unspecified atom stereocenters. The van der Waals surface area contributed by atoms with Gasteiger partial charge in [-0.15, -0.1) is 0 Å². The summed E-state index contributed by atoms with van der Waals surface area (Å²) in [6.45, 7) is 0. The Kier molecular flexibility index (Phi) is 2.59. The molecule has 8 rings (SSSR count). The van der Waals surface area contributed by atoms with E-state index in [-0.39, 0.29) is 5.60 Å². The van der Waals surface area contributed by atoms with Gasteiger partial charge in [0.15, 0.2) is 0 Å². The van der Waals surface area contributed by atoms with Crippen LogP contribution in [0.1, 0.15) is 64.2 Å². The molecule has 0 aromatic rings. The average Bonchev–Trinajstić information content (AvgIpc) is 2.42. The summed E-state index contributed by atoms with van der Waals surface area (Å²) < 4.78 is 0. The molecule has 0 amide bonds. The van der Waals surface area contributed by atoms with Crippen LogP contribution in [0.25, 0.3) is 0 Å². The molecule has 2 N–H and O–H groups in total. The molecule has 2 atom stereocenters. The van der Waals surface area contributed by atoms with Crippen LogP contribution in [-0.2, 0) is 0 Å². The lowest BCUT2D eigenvalue weighted by molar-refractivity contribution is -0.145. The first-order valence-electron chi connectivity index (χ1n) is 10.1. The van der Waals surface area contributed by atoms with Crippen molar-refractivity contribution in [3.05, 3.63) is 0 Å². The van der Waals surface area contributed by atoms with Crippen LogP contribution in [-0.4, -0.2) is 22.8 Å². The molecule has 2 nitrogen and oxygen atoms in total. The van der Waals surface area contributed by atoms with Gasteiger partial charge in [0.05, 0.1) is 5.60 Å². The van der Waals surface area contributed by atoms with Crippen LogP contribution in [0.5, 0.6) is 0 Å². The average molecular weight is 301 g/mol. The van der Waals surface area contributed by atoms with Crippen molar-refractivity contribution in [3.8, 4) is 0 Å². The van der Waals surface area contributed by atoms with E-state index in [1.54, 1.807) is 6.42 Å². The third-order valence-corrected chi connectivity index (χ3v) is 8.85. The highest BCUT2D eigenvalue weighted by molar-refractivity contribution is 5.10. The van der Waals surface area contributed by atoms with Gasteiger partial charge >= 0.3 is 0 Å². The predicted molar refractivity (Wildman–Crippen MR) is 86.3 cm³/mol. The molecular formula is C20H31NO. The molecule has 0 radical (unpaired) electrons. The normalized spacial score (nSPS) is 64.5. The molecule has 8 fully saturated rings. The molecule has 0 aliphatic heterocycles. The first-order chi connectivity index (χ1) is 10.7. The summed E-state index contributed by atoms with van der Waals surface area (Å²) in [5.74, 6) is 6.58. The summed E-state index contributed by atoms with van der Waals surface area (Å²) in [5, 5.41) is 15.1. The van der Waals surface area contributed by atoms with Crippen molar-refractivity contribution in [1.29, 1.82) is 0 Å². The zero-order valence-corrected chi connectivity index (χ0v) is 13.7. The largest absolute Gasteiger partial charge is 0.390 e. The van der Waals surface area contributed by atoms with Crippen LogP contribution in [0.4, 0.5) is 0 Å². The minimum Gasteiger partial charge on any atom is -0.390 e. The molecule has 8 bridgehead atoms. The molecular weight excluding hydrogens is 270 g/mol. The first-order valence-corrected chi connectivity index (χ1v) is 10.1. The van der Waals surface area contributed by atoms with Crippen LogP contribution in [0.15, 0.2) is 0 Å². The van der Waals surface area contributed by atoms with Gasteiger partial charge < -0.3 is 10.4 Å². The Hall–Kier alpha value is -0.0800. The lowest BCUT2D eigenvalue weighted by atomic mass is 9.51. The van der Waals surface area contributed by atoms with Crippen molar-refractivity contribution in [1.82, 2.24) is 5.32 Å². The van der Waals surface area contributed by atoms with Crippen LogP contribution < -0.4 is 5.32 Å². The molecule has 122 valence electrons. The van der Waals surface area contributed by atoms with E-state index in [1.807, 2.05) is 0 Å².